The molecule has 2 aliphatic rings. The number of fused-ring (bicyclic) bond motifs is 1. The molecule has 0 radical (unpaired) electrons. The quantitative estimate of drug-likeness (QED) is 0.837. The van der Waals surface area contributed by atoms with Crippen molar-refractivity contribution in [3.05, 3.63) is 45.6 Å². The Morgan fingerprint density at radius 3 is 2.59 bits per heavy atom. The van der Waals surface area contributed by atoms with Gasteiger partial charge in [-0.05, 0) is 55.2 Å². The Balaban J connectivity index is 1.37. The molecule has 1 unspecified atom stereocenters. The van der Waals surface area contributed by atoms with E-state index >= 15 is 0 Å². The Morgan fingerprint density at radius 1 is 1.17 bits per heavy atom. The second-order valence-electron chi connectivity index (χ2n) is 7.83. The van der Waals surface area contributed by atoms with Gasteiger partial charge in [-0.15, -0.1) is 11.3 Å². The highest BCUT2D eigenvalue weighted by Gasteiger charge is 2.28. The average molecular weight is 414 g/mol. The first-order valence-electron chi connectivity index (χ1n) is 10.1. The lowest BCUT2D eigenvalue weighted by atomic mass is 9.87. The second-order valence-corrected chi connectivity index (χ2v) is 8.97. The van der Waals surface area contributed by atoms with Crippen LogP contribution in [0.3, 0.4) is 0 Å². The normalized spacial score (nSPS) is 18.8. The lowest BCUT2D eigenvalue weighted by Crippen LogP contribution is -2.36. The fourth-order valence-electron chi connectivity index (χ4n) is 3.89. The Morgan fingerprint density at radius 2 is 1.90 bits per heavy atom. The molecule has 7 heteroatoms. The molecule has 1 aromatic heterocycles. The number of carbonyl (C=O) groups excluding carboxylic acids is 2. The maximum Gasteiger partial charge on any atom is 0.263 e. The van der Waals surface area contributed by atoms with Gasteiger partial charge in [-0.25, -0.2) is 0 Å². The summed E-state index contributed by atoms with van der Waals surface area (Å²) < 4.78 is 5.40. The van der Waals surface area contributed by atoms with Crippen LogP contribution in [0.15, 0.2) is 30.3 Å². The third-order valence-electron chi connectivity index (χ3n) is 5.58. The predicted molar refractivity (Wildman–Crippen MR) is 116 cm³/mol. The number of anilines is 2. The molecule has 0 saturated carbocycles. The van der Waals surface area contributed by atoms with Gasteiger partial charge in [-0.3, -0.25) is 9.59 Å². The summed E-state index contributed by atoms with van der Waals surface area (Å²) in [6, 6.07) is 10.0. The highest BCUT2D eigenvalue weighted by atomic mass is 32.1. The standard InChI is InChI=1S/C22H27N3O3S/c1-24(2)22(27)20-14-16-13-15(3-8-19(16)29-20)21(26)23-17-4-6-18(7-5-17)25-9-11-28-12-10-25/h4-7,14-15H,3,8-13H2,1-2H3,(H,23,26). The van der Waals surface area contributed by atoms with E-state index in [0.29, 0.717) is 6.42 Å². The topological polar surface area (TPSA) is 61.9 Å². The Kier molecular flexibility index (Phi) is 5.87. The molecule has 1 aliphatic carbocycles. The van der Waals surface area contributed by atoms with Crippen molar-refractivity contribution in [3.63, 3.8) is 0 Å². The minimum Gasteiger partial charge on any atom is -0.378 e. The second kappa shape index (κ2) is 8.55. The van der Waals surface area contributed by atoms with Crippen LogP contribution in [0.4, 0.5) is 11.4 Å². The summed E-state index contributed by atoms with van der Waals surface area (Å²) in [4.78, 5) is 30.9. The van der Waals surface area contributed by atoms with Gasteiger partial charge in [0.2, 0.25) is 5.91 Å². The maximum atomic E-state index is 12.8. The van der Waals surface area contributed by atoms with Crippen molar-refractivity contribution < 1.29 is 14.3 Å². The van der Waals surface area contributed by atoms with Gasteiger partial charge in [0.15, 0.2) is 0 Å². The van der Waals surface area contributed by atoms with E-state index < -0.39 is 0 Å². The number of carbonyl (C=O) groups is 2. The number of benzene rings is 1. The Labute approximate surface area is 175 Å². The van der Waals surface area contributed by atoms with Gasteiger partial charge in [0.25, 0.3) is 5.91 Å². The average Bonchev–Trinajstić information content (AvgIpc) is 3.17. The lowest BCUT2D eigenvalue weighted by molar-refractivity contribution is -0.120. The van der Waals surface area contributed by atoms with Gasteiger partial charge < -0.3 is 19.9 Å². The minimum atomic E-state index is -0.0571. The number of nitrogens with zero attached hydrogens (tertiary/aromatic N) is 2. The summed E-state index contributed by atoms with van der Waals surface area (Å²) in [5.41, 5.74) is 3.13. The van der Waals surface area contributed by atoms with Crippen molar-refractivity contribution in [2.45, 2.75) is 19.3 Å². The number of rotatable bonds is 4. The smallest absolute Gasteiger partial charge is 0.263 e. The molecule has 2 amide bonds. The summed E-state index contributed by atoms with van der Waals surface area (Å²) in [6.45, 7) is 3.31. The molecule has 0 spiro atoms. The molecule has 1 N–H and O–H groups in total. The molecule has 1 aliphatic heterocycles. The molecule has 4 rings (SSSR count). The molecule has 0 bridgehead atoms. The fraction of sp³-hybridized carbons (Fsp3) is 0.455. The highest BCUT2D eigenvalue weighted by molar-refractivity contribution is 7.14. The first kappa shape index (κ1) is 19.9. The van der Waals surface area contributed by atoms with Crippen LogP contribution in [0.2, 0.25) is 0 Å². The number of thiophene rings is 1. The van der Waals surface area contributed by atoms with E-state index in [1.807, 2.05) is 18.2 Å². The number of amides is 2. The van der Waals surface area contributed by atoms with Crippen LogP contribution >= 0.6 is 11.3 Å². The highest BCUT2D eigenvalue weighted by Crippen LogP contribution is 2.33. The van der Waals surface area contributed by atoms with E-state index in [9.17, 15) is 9.59 Å². The van der Waals surface area contributed by atoms with E-state index in [1.54, 1.807) is 30.3 Å². The first-order chi connectivity index (χ1) is 14.0. The summed E-state index contributed by atoms with van der Waals surface area (Å²) in [6.07, 6.45) is 2.37. The number of hydrogen-bond donors (Lipinski definition) is 1. The zero-order chi connectivity index (χ0) is 20.4. The number of hydrogen-bond acceptors (Lipinski definition) is 5. The number of morpholine rings is 1. The Hall–Kier alpha value is -2.38. The molecule has 2 aromatic rings. The van der Waals surface area contributed by atoms with Crippen molar-refractivity contribution in [1.82, 2.24) is 4.90 Å². The van der Waals surface area contributed by atoms with Crippen LogP contribution in [0.5, 0.6) is 0 Å². The zero-order valence-electron chi connectivity index (χ0n) is 16.9. The third-order valence-corrected chi connectivity index (χ3v) is 6.81. The minimum absolute atomic E-state index is 0.0331. The third kappa shape index (κ3) is 4.46. The molecule has 1 aromatic carbocycles. The lowest BCUT2D eigenvalue weighted by Gasteiger charge is -2.29. The van der Waals surface area contributed by atoms with Crippen LogP contribution in [0, 0.1) is 5.92 Å². The van der Waals surface area contributed by atoms with Crippen molar-refractivity contribution in [2.75, 3.05) is 50.6 Å². The Bertz CT molecular complexity index is 885. The van der Waals surface area contributed by atoms with E-state index in [0.717, 1.165) is 61.0 Å². The molecule has 1 fully saturated rings. The monoisotopic (exact) mass is 413 g/mol. The predicted octanol–water partition coefficient (Wildman–Crippen LogP) is 3.03. The molecule has 2 heterocycles. The summed E-state index contributed by atoms with van der Waals surface area (Å²) in [5, 5.41) is 3.07. The number of ether oxygens (including phenoxy) is 1. The van der Waals surface area contributed by atoms with Gasteiger partial charge >= 0.3 is 0 Å². The largest absolute Gasteiger partial charge is 0.378 e. The first-order valence-corrected chi connectivity index (χ1v) is 10.9. The SMILES string of the molecule is CN(C)C(=O)c1cc2c(s1)CCC(C(=O)Nc1ccc(N3CCOCC3)cc1)C2. The van der Waals surface area contributed by atoms with Crippen molar-refractivity contribution in [3.8, 4) is 0 Å². The van der Waals surface area contributed by atoms with Crippen LogP contribution in [-0.4, -0.2) is 57.1 Å². The molecule has 154 valence electrons. The number of nitrogens with one attached hydrogen (secondary N) is 1. The van der Waals surface area contributed by atoms with Gasteiger partial charge in [0, 0.05) is 49.4 Å². The molecular formula is C22H27N3O3S. The maximum absolute atomic E-state index is 12.8. The van der Waals surface area contributed by atoms with Crippen molar-refractivity contribution in [2.24, 2.45) is 5.92 Å². The summed E-state index contributed by atoms with van der Waals surface area (Å²) >= 11 is 1.57. The zero-order valence-corrected chi connectivity index (χ0v) is 17.8. The number of aryl methyl sites for hydroxylation is 1. The van der Waals surface area contributed by atoms with Gasteiger partial charge in [-0.1, -0.05) is 0 Å². The van der Waals surface area contributed by atoms with E-state index in [-0.39, 0.29) is 17.7 Å². The van der Waals surface area contributed by atoms with Gasteiger partial charge in [-0.2, -0.15) is 0 Å². The van der Waals surface area contributed by atoms with Crippen LogP contribution in [0.1, 0.15) is 26.5 Å². The summed E-state index contributed by atoms with van der Waals surface area (Å²) in [7, 11) is 3.53. The molecule has 29 heavy (non-hydrogen) atoms. The van der Waals surface area contributed by atoms with Crippen molar-refractivity contribution in [1.29, 1.82) is 0 Å². The van der Waals surface area contributed by atoms with Crippen LogP contribution in [-0.2, 0) is 22.4 Å². The molecule has 6 nitrogen and oxygen atoms in total. The van der Waals surface area contributed by atoms with E-state index in [4.69, 9.17) is 4.74 Å². The molecule has 1 saturated heterocycles. The molecule has 1 atom stereocenters. The van der Waals surface area contributed by atoms with Crippen LogP contribution < -0.4 is 10.2 Å². The van der Waals surface area contributed by atoms with E-state index in [2.05, 4.69) is 22.3 Å². The van der Waals surface area contributed by atoms with E-state index in [1.165, 1.54) is 4.88 Å². The van der Waals surface area contributed by atoms with Crippen LogP contribution in [0.25, 0.3) is 0 Å². The fourth-order valence-corrected chi connectivity index (χ4v) is 5.12. The van der Waals surface area contributed by atoms with Gasteiger partial charge in [0.05, 0.1) is 18.1 Å². The molecular weight excluding hydrogens is 386 g/mol. The van der Waals surface area contributed by atoms with Gasteiger partial charge in [0.1, 0.15) is 0 Å². The summed E-state index contributed by atoms with van der Waals surface area (Å²) in [5.74, 6) is 0.0329. The van der Waals surface area contributed by atoms with Crippen molar-refractivity contribution >= 4 is 34.5 Å².